The minimum absolute atomic E-state index is 0.0199. The third kappa shape index (κ3) is 3.06. The topological polar surface area (TPSA) is 49.9 Å². The zero-order valence-electron chi connectivity index (χ0n) is 13.1. The van der Waals surface area contributed by atoms with Crippen LogP contribution in [0.1, 0.15) is 30.4 Å². The van der Waals surface area contributed by atoms with E-state index < -0.39 is 10.2 Å². The summed E-state index contributed by atoms with van der Waals surface area (Å²) in [6, 6.07) is 8.14. The van der Waals surface area contributed by atoms with Gasteiger partial charge in [0.05, 0.1) is 6.61 Å². The molecule has 0 saturated carbocycles. The van der Waals surface area contributed by atoms with Gasteiger partial charge in [0, 0.05) is 32.8 Å². The van der Waals surface area contributed by atoms with Crippen LogP contribution in [0.2, 0.25) is 0 Å². The highest BCUT2D eigenvalue weighted by Gasteiger charge is 2.38. The molecule has 1 aromatic rings. The molecule has 0 aromatic heterocycles. The normalized spacial score (nSPS) is 24.1. The standard InChI is InChI=1S/C16H24N2O3S/c1-21-13-16-9-5-11-18(16)22(19,20)17-10-4-8-14-6-2-3-7-15(14)12-17/h2-3,6-7,16H,4-5,8-13H2,1H3. The molecule has 3 rings (SSSR count). The van der Waals surface area contributed by atoms with Crippen LogP contribution in [0.15, 0.2) is 24.3 Å². The summed E-state index contributed by atoms with van der Waals surface area (Å²) in [4.78, 5) is 0. The van der Waals surface area contributed by atoms with Crippen LogP contribution in [0.5, 0.6) is 0 Å². The van der Waals surface area contributed by atoms with Crippen molar-refractivity contribution in [2.24, 2.45) is 0 Å². The molecular formula is C16H24N2O3S. The molecule has 0 bridgehead atoms. The molecule has 0 radical (unpaired) electrons. The molecule has 0 spiro atoms. The van der Waals surface area contributed by atoms with Gasteiger partial charge in [0.1, 0.15) is 0 Å². The van der Waals surface area contributed by atoms with Gasteiger partial charge in [0.2, 0.25) is 0 Å². The second-order valence-corrected chi connectivity index (χ2v) is 7.96. The van der Waals surface area contributed by atoms with Gasteiger partial charge in [-0.2, -0.15) is 17.0 Å². The van der Waals surface area contributed by atoms with E-state index in [4.69, 9.17) is 4.74 Å². The summed E-state index contributed by atoms with van der Waals surface area (Å²) in [5.74, 6) is 0. The fourth-order valence-corrected chi connectivity index (χ4v) is 5.35. The summed E-state index contributed by atoms with van der Waals surface area (Å²) in [7, 11) is -1.78. The molecule has 1 fully saturated rings. The van der Waals surface area contributed by atoms with Crippen LogP contribution >= 0.6 is 0 Å². The van der Waals surface area contributed by atoms with Gasteiger partial charge >= 0.3 is 0 Å². The highest BCUT2D eigenvalue weighted by molar-refractivity contribution is 7.86. The molecular weight excluding hydrogens is 300 g/mol. The Morgan fingerprint density at radius 3 is 2.73 bits per heavy atom. The first-order chi connectivity index (χ1) is 10.6. The van der Waals surface area contributed by atoms with Crippen LogP contribution in [-0.2, 0) is 27.9 Å². The van der Waals surface area contributed by atoms with Crippen molar-refractivity contribution in [3.63, 3.8) is 0 Å². The molecule has 0 amide bonds. The monoisotopic (exact) mass is 324 g/mol. The maximum atomic E-state index is 13.0. The third-order valence-corrected chi connectivity index (χ3v) is 6.66. The Balaban J connectivity index is 1.83. The molecule has 22 heavy (non-hydrogen) atoms. The van der Waals surface area contributed by atoms with Crippen molar-refractivity contribution in [2.75, 3.05) is 26.8 Å². The summed E-state index contributed by atoms with van der Waals surface area (Å²) in [6.07, 6.45) is 3.62. The number of nitrogens with zero attached hydrogens (tertiary/aromatic N) is 2. The summed E-state index contributed by atoms with van der Waals surface area (Å²) < 4.78 is 34.5. The zero-order valence-corrected chi connectivity index (χ0v) is 13.9. The predicted molar refractivity (Wildman–Crippen MR) is 85.7 cm³/mol. The fraction of sp³-hybridized carbons (Fsp3) is 0.625. The first kappa shape index (κ1) is 15.9. The largest absolute Gasteiger partial charge is 0.383 e. The lowest BCUT2D eigenvalue weighted by Crippen LogP contribution is -2.47. The average molecular weight is 324 g/mol. The number of hydrogen-bond donors (Lipinski definition) is 0. The van der Waals surface area contributed by atoms with Crippen molar-refractivity contribution in [1.82, 2.24) is 8.61 Å². The summed E-state index contributed by atoms with van der Waals surface area (Å²) in [6.45, 7) is 2.15. The maximum absolute atomic E-state index is 13.0. The molecule has 2 aliphatic rings. The Hall–Kier alpha value is -0.950. The quantitative estimate of drug-likeness (QED) is 0.848. The Labute approximate surface area is 133 Å². The van der Waals surface area contributed by atoms with Crippen LogP contribution in [0.25, 0.3) is 0 Å². The van der Waals surface area contributed by atoms with E-state index in [1.807, 2.05) is 18.2 Å². The van der Waals surface area contributed by atoms with E-state index in [9.17, 15) is 8.42 Å². The van der Waals surface area contributed by atoms with Gasteiger partial charge < -0.3 is 4.74 Å². The molecule has 1 saturated heterocycles. The lowest BCUT2D eigenvalue weighted by molar-refractivity contribution is 0.145. The van der Waals surface area contributed by atoms with Gasteiger partial charge in [-0.05, 0) is 36.8 Å². The van der Waals surface area contributed by atoms with Gasteiger partial charge in [-0.15, -0.1) is 0 Å². The highest BCUT2D eigenvalue weighted by atomic mass is 32.2. The van der Waals surface area contributed by atoms with Crippen LogP contribution < -0.4 is 0 Å². The molecule has 1 atom stereocenters. The molecule has 5 nitrogen and oxygen atoms in total. The van der Waals surface area contributed by atoms with E-state index in [2.05, 4.69) is 6.07 Å². The minimum atomic E-state index is -3.41. The highest BCUT2D eigenvalue weighted by Crippen LogP contribution is 2.27. The van der Waals surface area contributed by atoms with Crippen molar-refractivity contribution >= 4 is 10.2 Å². The molecule has 0 aliphatic carbocycles. The Morgan fingerprint density at radius 2 is 1.95 bits per heavy atom. The van der Waals surface area contributed by atoms with Crippen molar-refractivity contribution in [3.8, 4) is 0 Å². The fourth-order valence-electron chi connectivity index (χ4n) is 3.49. The first-order valence-corrected chi connectivity index (χ1v) is 9.35. The lowest BCUT2D eigenvalue weighted by atomic mass is 10.0. The molecule has 0 N–H and O–H groups in total. The van der Waals surface area contributed by atoms with Gasteiger partial charge in [0.25, 0.3) is 10.2 Å². The molecule has 1 aromatic carbocycles. The van der Waals surface area contributed by atoms with Gasteiger partial charge in [-0.25, -0.2) is 0 Å². The van der Waals surface area contributed by atoms with E-state index in [0.717, 1.165) is 31.2 Å². The third-order valence-electron chi connectivity index (χ3n) is 4.62. The van der Waals surface area contributed by atoms with Crippen LogP contribution in [-0.4, -0.2) is 49.9 Å². The maximum Gasteiger partial charge on any atom is 0.282 e. The average Bonchev–Trinajstić information content (AvgIpc) is 2.86. The summed E-state index contributed by atoms with van der Waals surface area (Å²) in [5, 5.41) is 0. The molecule has 6 heteroatoms. The van der Waals surface area contributed by atoms with Crippen molar-refractivity contribution in [2.45, 2.75) is 38.3 Å². The Bertz CT molecular complexity index is 618. The molecule has 2 aliphatic heterocycles. The zero-order chi connectivity index (χ0) is 15.6. The Kier molecular flexibility index (Phi) is 4.82. The number of rotatable bonds is 4. The van der Waals surface area contributed by atoms with Crippen molar-refractivity contribution in [3.05, 3.63) is 35.4 Å². The van der Waals surface area contributed by atoms with Crippen LogP contribution in [0.4, 0.5) is 0 Å². The van der Waals surface area contributed by atoms with Gasteiger partial charge in [0.15, 0.2) is 0 Å². The van der Waals surface area contributed by atoms with E-state index in [1.165, 1.54) is 5.56 Å². The van der Waals surface area contributed by atoms with E-state index in [1.54, 1.807) is 15.7 Å². The van der Waals surface area contributed by atoms with Gasteiger partial charge in [-0.3, -0.25) is 0 Å². The van der Waals surface area contributed by atoms with Crippen LogP contribution in [0, 0.1) is 0 Å². The SMILES string of the molecule is COCC1CCCN1S(=O)(=O)N1CCCc2ccccc2C1. The number of benzene rings is 1. The lowest BCUT2D eigenvalue weighted by Gasteiger charge is -2.30. The Morgan fingerprint density at radius 1 is 1.18 bits per heavy atom. The predicted octanol–water partition coefficient (Wildman–Crippen LogP) is 1.79. The van der Waals surface area contributed by atoms with Crippen molar-refractivity contribution < 1.29 is 13.2 Å². The minimum Gasteiger partial charge on any atom is -0.383 e. The first-order valence-electron chi connectivity index (χ1n) is 7.95. The van der Waals surface area contributed by atoms with E-state index in [-0.39, 0.29) is 6.04 Å². The second-order valence-electron chi connectivity index (χ2n) is 6.08. The number of aryl methyl sites for hydroxylation is 1. The van der Waals surface area contributed by atoms with E-state index in [0.29, 0.717) is 26.2 Å². The second kappa shape index (κ2) is 6.66. The number of ether oxygens (including phenoxy) is 1. The van der Waals surface area contributed by atoms with Crippen molar-refractivity contribution in [1.29, 1.82) is 0 Å². The number of methoxy groups -OCH3 is 1. The van der Waals surface area contributed by atoms with Crippen LogP contribution in [0.3, 0.4) is 0 Å². The van der Waals surface area contributed by atoms with E-state index >= 15 is 0 Å². The smallest absolute Gasteiger partial charge is 0.282 e. The summed E-state index contributed by atoms with van der Waals surface area (Å²) in [5.41, 5.74) is 2.40. The molecule has 1 unspecified atom stereocenters. The molecule has 122 valence electrons. The number of hydrogen-bond acceptors (Lipinski definition) is 3. The summed E-state index contributed by atoms with van der Waals surface area (Å²) >= 11 is 0. The molecule has 2 heterocycles. The number of fused-ring (bicyclic) bond motifs is 1. The van der Waals surface area contributed by atoms with Gasteiger partial charge in [-0.1, -0.05) is 24.3 Å².